The van der Waals surface area contributed by atoms with Crippen LogP contribution in [0.1, 0.15) is 116 Å². The van der Waals surface area contributed by atoms with Crippen molar-refractivity contribution in [1.82, 2.24) is 0 Å². The molecule has 1 N–H and O–H groups in total. The van der Waals surface area contributed by atoms with Crippen LogP contribution in [-0.2, 0) is 20.4 Å². The van der Waals surface area contributed by atoms with E-state index in [4.69, 9.17) is 9.47 Å². The third kappa shape index (κ3) is 10.8. The molecule has 1 aliphatic carbocycles. The van der Waals surface area contributed by atoms with Crippen molar-refractivity contribution in [2.24, 2.45) is 0 Å². The van der Waals surface area contributed by atoms with Crippen LogP contribution in [0.25, 0.3) is 54.9 Å². The zero-order valence-electron chi connectivity index (χ0n) is 46.5. The minimum Gasteiger partial charge on any atom is -0.423 e. The summed E-state index contributed by atoms with van der Waals surface area (Å²) in [6.45, 7) is 18.9. The largest absolute Gasteiger partial charge is 0.423 e. The number of nitrogens with one attached hydrogen (secondary N) is 1. The summed E-state index contributed by atoms with van der Waals surface area (Å²) in [5, 5.41) is 8.29. The van der Waals surface area contributed by atoms with Crippen LogP contribution in [-0.4, -0.2) is 11.9 Å². The van der Waals surface area contributed by atoms with E-state index in [9.17, 15) is 9.59 Å². The summed E-state index contributed by atoms with van der Waals surface area (Å²) in [6.07, 6.45) is 13.9. The van der Waals surface area contributed by atoms with Crippen molar-refractivity contribution < 1.29 is 19.1 Å². The highest BCUT2D eigenvalue weighted by atomic mass is 16.5. The highest BCUT2D eigenvalue weighted by Gasteiger charge is 2.43. The van der Waals surface area contributed by atoms with E-state index in [-0.39, 0.29) is 10.8 Å². The van der Waals surface area contributed by atoms with Crippen molar-refractivity contribution in [3.05, 3.63) is 224 Å². The molecule has 6 heteroatoms. The van der Waals surface area contributed by atoms with Crippen LogP contribution in [0.4, 0.5) is 28.4 Å². The molecule has 0 saturated heterocycles. The van der Waals surface area contributed by atoms with E-state index >= 15 is 0 Å². The number of hydrogen-bond donors (Lipinski definition) is 1. The summed E-state index contributed by atoms with van der Waals surface area (Å²) < 4.78 is 11.0. The Hall–Kier alpha value is -8.48. The highest BCUT2D eigenvalue weighted by molar-refractivity contribution is 6.22. The Morgan fingerprint density at radius 2 is 1.03 bits per heavy atom. The van der Waals surface area contributed by atoms with E-state index in [0.717, 1.165) is 111 Å². The second-order valence-electron chi connectivity index (χ2n) is 21.5. The normalized spacial score (nSPS) is 13.6. The van der Waals surface area contributed by atoms with Gasteiger partial charge >= 0.3 is 11.9 Å². The maximum Gasteiger partial charge on any atom is 0.335 e. The van der Waals surface area contributed by atoms with Crippen LogP contribution in [0.15, 0.2) is 207 Å². The molecule has 0 radical (unpaired) electrons. The number of carbonyl (C=O) groups excluding carboxylic acids is 2. The van der Waals surface area contributed by atoms with Gasteiger partial charge in [-0.3, -0.25) is 0 Å². The summed E-state index contributed by atoms with van der Waals surface area (Å²) in [5.41, 5.74) is 16.1. The van der Waals surface area contributed by atoms with Gasteiger partial charge in [-0.1, -0.05) is 208 Å². The standard InChI is InChI=1S/C73H72N2O4/c1-8-14-16-21-45-73(44-15-9-2)66-48-54(72(7,12-5)13-6)36-42-60(66)61-43-41-57(49-67(61)73)75(56-39-34-51(35-40-56)53-25-23-27-59(47-53)79-69(77)11-4)71-64-30-19-17-28-62(64)70(63-29-18-20-31-65(63)71)74-55-37-32-50(33-38-55)52-24-22-26-58(46-52)78-68(76)10-3/h10-11,17-20,22-43,46-49,74H,3-4,8-9,12-16,21,44-45H2,1-2,5-7H3. The van der Waals surface area contributed by atoms with E-state index in [1.807, 2.05) is 36.4 Å². The molecule has 9 aromatic rings. The zero-order valence-corrected chi connectivity index (χ0v) is 46.5. The lowest BCUT2D eigenvalue weighted by atomic mass is 9.69. The fraction of sp³-hybridized carbons (Fsp3) is 0.233. The van der Waals surface area contributed by atoms with Crippen molar-refractivity contribution >= 4 is 61.9 Å². The van der Waals surface area contributed by atoms with Crippen LogP contribution in [0.5, 0.6) is 11.5 Å². The summed E-state index contributed by atoms with van der Waals surface area (Å²) >= 11 is 0. The Morgan fingerprint density at radius 3 is 1.57 bits per heavy atom. The van der Waals surface area contributed by atoms with Gasteiger partial charge in [0, 0.05) is 56.2 Å². The van der Waals surface area contributed by atoms with Crippen molar-refractivity contribution in [3.63, 3.8) is 0 Å². The Bertz CT molecular complexity index is 3640. The first-order valence-electron chi connectivity index (χ1n) is 28.4. The second-order valence-corrected chi connectivity index (χ2v) is 21.5. The predicted molar refractivity (Wildman–Crippen MR) is 331 cm³/mol. The molecule has 9 aromatic carbocycles. The van der Waals surface area contributed by atoms with E-state index in [1.165, 1.54) is 65.7 Å². The van der Waals surface area contributed by atoms with Gasteiger partial charge in [-0.15, -0.1) is 0 Å². The summed E-state index contributed by atoms with van der Waals surface area (Å²) in [7, 11) is 0. The predicted octanol–water partition coefficient (Wildman–Crippen LogP) is 20.2. The summed E-state index contributed by atoms with van der Waals surface area (Å²) in [5.74, 6) is -0.0499. The first-order chi connectivity index (χ1) is 38.5. The van der Waals surface area contributed by atoms with Gasteiger partial charge in [-0.25, -0.2) is 9.59 Å². The number of carbonyl (C=O) groups is 2. The number of unbranched alkanes of at least 4 members (excludes halogenated alkanes) is 4. The average Bonchev–Trinajstić information content (AvgIpc) is 3.75. The van der Waals surface area contributed by atoms with Crippen LogP contribution in [0.3, 0.4) is 0 Å². The molecule has 0 bridgehead atoms. The molecular weight excluding hydrogens is 969 g/mol. The van der Waals surface area contributed by atoms with Crippen molar-refractivity contribution in [2.75, 3.05) is 10.2 Å². The number of fused-ring (bicyclic) bond motifs is 5. The number of hydrogen-bond acceptors (Lipinski definition) is 6. The molecule has 10 rings (SSSR count). The first-order valence-corrected chi connectivity index (χ1v) is 28.4. The second kappa shape index (κ2) is 23.6. The van der Waals surface area contributed by atoms with Crippen LogP contribution >= 0.6 is 0 Å². The molecule has 398 valence electrons. The van der Waals surface area contributed by atoms with Crippen LogP contribution in [0.2, 0.25) is 0 Å². The van der Waals surface area contributed by atoms with Crippen molar-refractivity contribution in [3.8, 4) is 44.9 Å². The molecule has 0 heterocycles. The van der Waals surface area contributed by atoms with E-state index in [2.05, 4.69) is 191 Å². The van der Waals surface area contributed by atoms with Gasteiger partial charge < -0.3 is 19.7 Å². The van der Waals surface area contributed by atoms with Gasteiger partial charge in [0.2, 0.25) is 0 Å². The van der Waals surface area contributed by atoms with E-state index in [0.29, 0.717) is 11.5 Å². The maximum absolute atomic E-state index is 12.2. The van der Waals surface area contributed by atoms with Gasteiger partial charge in [-0.05, 0) is 142 Å². The Kier molecular flexibility index (Phi) is 16.1. The number of nitrogens with zero attached hydrogens (tertiary/aromatic N) is 1. The topological polar surface area (TPSA) is 67.9 Å². The lowest BCUT2D eigenvalue weighted by Gasteiger charge is -2.36. The quantitative estimate of drug-likeness (QED) is 0.0182. The molecule has 0 aliphatic heterocycles. The molecular formula is C73H72N2O4. The van der Waals surface area contributed by atoms with Crippen LogP contribution < -0.4 is 19.7 Å². The third-order valence-corrected chi connectivity index (χ3v) is 16.8. The van der Waals surface area contributed by atoms with E-state index < -0.39 is 11.9 Å². The van der Waals surface area contributed by atoms with Gasteiger partial charge in [0.25, 0.3) is 0 Å². The number of ether oxygens (including phenoxy) is 2. The van der Waals surface area contributed by atoms with Gasteiger partial charge in [0.05, 0.1) is 11.4 Å². The summed E-state index contributed by atoms with van der Waals surface area (Å²) in [6, 6.07) is 64.8. The minimum absolute atomic E-state index is 0.0951. The molecule has 0 fully saturated rings. The summed E-state index contributed by atoms with van der Waals surface area (Å²) in [4.78, 5) is 26.7. The lowest BCUT2D eigenvalue weighted by Crippen LogP contribution is -2.27. The zero-order chi connectivity index (χ0) is 55.1. The molecule has 0 amide bonds. The number of benzene rings is 9. The lowest BCUT2D eigenvalue weighted by molar-refractivity contribution is -0.129. The molecule has 0 saturated carbocycles. The van der Waals surface area contributed by atoms with Crippen LogP contribution in [0, 0.1) is 0 Å². The smallest absolute Gasteiger partial charge is 0.335 e. The first kappa shape index (κ1) is 53.9. The fourth-order valence-corrected chi connectivity index (χ4v) is 12.0. The Labute approximate surface area is 467 Å². The molecule has 6 nitrogen and oxygen atoms in total. The van der Waals surface area contributed by atoms with Crippen molar-refractivity contribution in [2.45, 2.75) is 110 Å². The number of rotatable bonds is 22. The van der Waals surface area contributed by atoms with Gasteiger partial charge in [0.15, 0.2) is 0 Å². The van der Waals surface area contributed by atoms with Crippen molar-refractivity contribution in [1.29, 1.82) is 0 Å². The van der Waals surface area contributed by atoms with Gasteiger partial charge in [0.1, 0.15) is 11.5 Å². The Morgan fingerprint density at radius 1 is 0.519 bits per heavy atom. The number of esters is 2. The SMILES string of the molecule is C=CC(=O)Oc1cccc(-c2ccc(Nc3c4ccccc4c(N(c4ccc(-c5cccc(OC(=O)C=C)c5)cc4)c4ccc5c(c4)C(CCCC)(CCCCCC)c4cc(C(C)(CC)CC)ccc4-5)c4ccccc34)cc2)c1. The Balaban J connectivity index is 1.15. The highest BCUT2D eigenvalue weighted by Crippen LogP contribution is 2.57. The molecule has 1 aliphatic rings. The molecule has 0 spiro atoms. The number of anilines is 5. The molecule has 1 atom stereocenters. The molecule has 79 heavy (non-hydrogen) atoms. The third-order valence-electron chi connectivity index (χ3n) is 16.8. The van der Waals surface area contributed by atoms with Gasteiger partial charge in [-0.2, -0.15) is 0 Å². The molecule has 1 unspecified atom stereocenters. The minimum atomic E-state index is -0.493. The monoisotopic (exact) mass is 1040 g/mol. The maximum atomic E-state index is 12.2. The fourth-order valence-electron chi connectivity index (χ4n) is 12.0. The van der Waals surface area contributed by atoms with E-state index in [1.54, 1.807) is 12.1 Å². The molecule has 0 aromatic heterocycles. The average molecular weight is 1040 g/mol.